The van der Waals surface area contributed by atoms with E-state index in [-0.39, 0.29) is 0 Å². The lowest BCUT2D eigenvalue weighted by atomic mass is 10.0. The third-order valence-electron chi connectivity index (χ3n) is 2.31. The molecule has 0 atom stereocenters. The van der Waals surface area contributed by atoms with Crippen molar-refractivity contribution in [3.05, 3.63) is 41.7 Å². The van der Waals surface area contributed by atoms with Crippen molar-refractivity contribution in [1.82, 2.24) is 9.78 Å². The first-order chi connectivity index (χ1) is 7.20. The molecule has 1 heterocycles. The fraction of sp³-hybridized carbons (Fsp3) is 0.167. The molecule has 15 heavy (non-hydrogen) atoms. The summed E-state index contributed by atoms with van der Waals surface area (Å²) in [6, 6.07) is 7.99. The first kappa shape index (κ1) is 9.47. The number of hydrogen-bond acceptors (Lipinski definition) is 2. The molecule has 0 unspecified atom stereocenters. The molecule has 74 valence electrons. The summed E-state index contributed by atoms with van der Waals surface area (Å²) >= 11 is 0. The molecule has 0 saturated carbocycles. The van der Waals surface area contributed by atoms with E-state index in [0.29, 0.717) is 5.56 Å². The van der Waals surface area contributed by atoms with Crippen molar-refractivity contribution >= 4 is 0 Å². The fourth-order valence-electron chi connectivity index (χ4n) is 1.55. The zero-order valence-corrected chi connectivity index (χ0v) is 8.73. The Kier molecular flexibility index (Phi) is 2.26. The maximum absolute atomic E-state index is 9.00. The van der Waals surface area contributed by atoms with Gasteiger partial charge in [-0.25, -0.2) is 0 Å². The van der Waals surface area contributed by atoms with Crippen LogP contribution in [0, 0.1) is 18.3 Å². The molecular formula is C12H11N3. The summed E-state index contributed by atoms with van der Waals surface area (Å²) in [6.45, 7) is 2.01. The van der Waals surface area contributed by atoms with Crippen LogP contribution in [-0.4, -0.2) is 9.78 Å². The average molecular weight is 197 g/mol. The van der Waals surface area contributed by atoms with Crippen LogP contribution in [0.1, 0.15) is 11.1 Å². The Bertz CT molecular complexity index is 532. The molecule has 1 aromatic heterocycles. The molecule has 0 spiro atoms. The van der Waals surface area contributed by atoms with Gasteiger partial charge in [-0.05, 0) is 19.1 Å². The first-order valence-corrected chi connectivity index (χ1v) is 4.70. The minimum Gasteiger partial charge on any atom is -0.275 e. The molecule has 0 aliphatic rings. The van der Waals surface area contributed by atoms with Gasteiger partial charge in [-0.15, -0.1) is 0 Å². The molecule has 0 N–H and O–H groups in total. The van der Waals surface area contributed by atoms with Crippen LogP contribution in [0.25, 0.3) is 11.1 Å². The van der Waals surface area contributed by atoms with Gasteiger partial charge in [-0.1, -0.05) is 11.6 Å². The van der Waals surface area contributed by atoms with E-state index in [1.165, 1.54) is 0 Å². The molecule has 3 nitrogen and oxygen atoms in total. The van der Waals surface area contributed by atoms with Crippen LogP contribution in [0.4, 0.5) is 0 Å². The van der Waals surface area contributed by atoms with Gasteiger partial charge in [0.25, 0.3) is 0 Å². The Morgan fingerprint density at radius 3 is 2.80 bits per heavy atom. The Morgan fingerprint density at radius 2 is 2.20 bits per heavy atom. The highest BCUT2D eigenvalue weighted by Crippen LogP contribution is 2.23. The molecule has 0 bridgehead atoms. The summed E-state index contributed by atoms with van der Waals surface area (Å²) in [5, 5.41) is 13.1. The van der Waals surface area contributed by atoms with Gasteiger partial charge in [0.15, 0.2) is 0 Å². The van der Waals surface area contributed by atoms with Crippen molar-refractivity contribution in [3.8, 4) is 17.2 Å². The zero-order valence-electron chi connectivity index (χ0n) is 8.73. The number of benzene rings is 1. The number of aryl methyl sites for hydroxylation is 2. The van der Waals surface area contributed by atoms with Gasteiger partial charge >= 0.3 is 0 Å². The van der Waals surface area contributed by atoms with Crippen molar-refractivity contribution in [1.29, 1.82) is 5.26 Å². The quantitative estimate of drug-likeness (QED) is 0.703. The summed E-state index contributed by atoms with van der Waals surface area (Å²) in [5.74, 6) is 0. The number of rotatable bonds is 1. The Hall–Kier alpha value is -2.08. The van der Waals surface area contributed by atoms with Crippen LogP contribution >= 0.6 is 0 Å². The highest BCUT2D eigenvalue weighted by atomic mass is 15.2. The highest BCUT2D eigenvalue weighted by molar-refractivity contribution is 5.70. The number of nitrogens with zero attached hydrogens (tertiary/aromatic N) is 3. The van der Waals surface area contributed by atoms with Gasteiger partial charge in [-0.3, -0.25) is 4.68 Å². The predicted octanol–water partition coefficient (Wildman–Crippen LogP) is 2.27. The Labute approximate surface area is 88.6 Å². The smallest absolute Gasteiger partial charge is 0.0998 e. The number of aromatic nitrogens is 2. The molecule has 3 heteroatoms. The average Bonchev–Trinajstić information content (AvgIpc) is 2.65. The molecule has 0 amide bonds. The number of hydrogen-bond donors (Lipinski definition) is 0. The van der Waals surface area contributed by atoms with E-state index in [0.717, 1.165) is 16.7 Å². The summed E-state index contributed by atoms with van der Waals surface area (Å²) in [6.07, 6.45) is 3.69. The fourth-order valence-corrected chi connectivity index (χ4v) is 1.55. The third kappa shape index (κ3) is 1.75. The first-order valence-electron chi connectivity index (χ1n) is 4.70. The topological polar surface area (TPSA) is 41.6 Å². The molecule has 2 aromatic rings. The van der Waals surface area contributed by atoms with Gasteiger partial charge in [-0.2, -0.15) is 10.4 Å². The normalized spacial score (nSPS) is 9.93. The van der Waals surface area contributed by atoms with E-state index in [9.17, 15) is 0 Å². The van der Waals surface area contributed by atoms with E-state index in [1.807, 2.05) is 38.4 Å². The molecule has 0 aliphatic heterocycles. The highest BCUT2D eigenvalue weighted by Gasteiger charge is 2.06. The molecule has 0 saturated heterocycles. The van der Waals surface area contributed by atoms with E-state index >= 15 is 0 Å². The summed E-state index contributed by atoms with van der Waals surface area (Å²) in [7, 11) is 1.87. The van der Waals surface area contributed by atoms with Gasteiger partial charge < -0.3 is 0 Å². The predicted molar refractivity (Wildman–Crippen MR) is 58.1 cm³/mol. The van der Waals surface area contributed by atoms with E-state index < -0.39 is 0 Å². The van der Waals surface area contributed by atoms with Crippen molar-refractivity contribution in [3.63, 3.8) is 0 Å². The summed E-state index contributed by atoms with van der Waals surface area (Å²) in [4.78, 5) is 0. The minimum atomic E-state index is 0.689. The monoisotopic (exact) mass is 197 g/mol. The van der Waals surface area contributed by atoms with E-state index in [1.54, 1.807) is 10.9 Å². The van der Waals surface area contributed by atoms with Crippen LogP contribution in [0.5, 0.6) is 0 Å². The minimum absolute atomic E-state index is 0.689. The third-order valence-corrected chi connectivity index (χ3v) is 2.31. The van der Waals surface area contributed by atoms with Crippen molar-refractivity contribution in [2.75, 3.05) is 0 Å². The molecule has 0 radical (unpaired) electrons. The lowest BCUT2D eigenvalue weighted by molar-refractivity contribution is 0.768. The largest absolute Gasteiger partial charge is 0.275 e. The molecule has 2 rings (SSSR count). The molecule has 1 aromatic carbocycles. The van der Waals surface area contributed by atoms with Crippen molar-refractivity contribution in [2.24, 2.45) is 7.05 Å². The van der Waals surface area contributed by atoms with Crippen molar-refractivity contribution < 1.29 is 0 Å². The van der Waals surface area contributed by atoms with Gasteiger partial charge in [0.2, 0.25) is 0 Å². The second-order valence-corrected chi connectivity index (χ2v) is 3.56. The maximum atomic E-state index is 9.00. The second kappa shape index (κ2) is 3.58. The second-order valence-electron chi connectivity index (χ2n) is 3.56. The Morgan fingerprint density at radius 1 is 1.40 bits per heavy atom. The standard InChI is InChI=1S/C12H11N3/c1-9-3-4-10(6-13)12(5-9)11-7-14-15(2)8-11/h3-5,7-8H,1-2H3. The molecular weight excluding hydrogens is 186 g/mol. The maximum Gasteiger partial charge on any atom is 0.0998 e. The summed E-state index contributed by atoms with van der Waals surface area (Å²) < 4.78 is 1.73. The van der Waals surface area contributed by atoms with Gasteiger partial charge in [0.1, 0.15) is 0 Å². The van der Waals surface area contributed by atoms with E-state index in [2.05, 4.69) is 11.2 Å². The Balaban J connectivity index is 2.61. The van der Waals surface area contributed by atoms with Gasteiger partial charge in [0, 0.05) is 24.4 Å². The van der Waals surface area contributed by atoms with Crippen LogP contribution in [0.2, 0.25) is 0 Å². The van der Waals surface area contributed by atoms with Crippen LogP contribution in [-0.2, 0) is 7.05 Å². The van der Waals surface area contributed by atoms with E-state index in [4.69, 9.17) is 5.26 Å². The van der Waals surface area contributed by atoms with Gasteiger partial charge in [0.05, 0.1) is 17.8 Å². The lowest BCUT2D eigenvalue weighted by Gasteiger charge is -2.01. The zero-order chi connectivity index (χ0) is 10.8. The summed E-state index contributed by atoms with van der Waals surface area (Å²) in [5.41, 5.74) is 3.77. The molecule has 0 aliphatic carbocycles. The number of nitriles is 1. The SMILES string of the molecule is Cc1ccc(C#N)c(-c2cnn(C)c2)c1. The van der Waals surface area contributed by atoms with Crippen LogP contribution in [0.15, 0.2) is 30.6 Å². The van der Waals surface area contributed by atoms with Crippen molar-refractivity contribution in [2.45, 2.75) is 6.92 Å². The van der Waals surface area contributed by atoms with Crippen LogP contribution < -0.4 is 0 Å². The van der Waals surface area contributed by atoms with Crippen LogP contribution in [0.3, 0.4) is 0 Å². The lowest BCUT2D eigenvalue weighted by Crippen LogP contribution is -1.86. The molecule has 0 fully saturated rings.